The average molecular weight is 248 g/mol. The summed E-state index contributed by atoms with van der Waals surface area (Å²) in [5, 5.41) is 10.1. The molecular weight excluding hydrogens is 228 g/mol. The van der Waals surface area contributed by atoms with Crippen molar-refractivity contribution in [3.8, 4) is 0 Å². The van der Waals surface area contributed by atoms with E-state index in [-0.39, 0.29) is 12.6 Å². The molecule has 2 rings (SSSR count). The van der Waals surface area contributed by atoms with Crippen LogP contribution in [0.1, 0.15) is 38.5 Å². The van der Waals surface area contributed by atoms with Gasteiger partial charge in [-0.3, -0.25) is 0 Å². The van der Waals surface area contributed by atoms with E-state index >= 15 is 0 Å². The molecule has 0 unspecified atom stereocenters. The summed E-state index contributed by atoms with van der Waals surface area (Å²) in [7, 11) is -1.87. The molecule has 0 aromatic carbocycles. The van der Waals surface area contributed by atoms with Crippen LogP contribution in [0.4, 0.5) is 0 Å². The van der Waals surface area contributed by atoms with Crippen molar-refractivity contribution in [2.24, 2.45) is 0 Å². The van der Waals surface area contributed by atoms with Crippen molar-refractivity contribution in [2.45, 2.75) is 50.2 Å². The molecule has 0 heterocycles. The van der Waals surface area contributed by atoms with Gasteiger partial charge in [0.15, 0.2) is 0 Å². The van der Waals surface area contributed by atoms with Crippen molar-refractivity contribution in [1.82, 2.24) is 9.03 Å². The first-order chi connectivity index (χ1) is 7.41. The molecule has 0 radical (unpaired) electrons. The molecular formula is C10H20N2O3S. The zero-order valence-corrected chi connectivity index (χ0v) is 10.5. The van der Waals surface area contributed by atoms with Crippen LogP contribution in [0.25, 0.3) is 0 Å². The molecule has 0 aliphatic heterocycles. The molecule has 2 saturated carbocycles. The molecule has 0 bridgehead atoms. The molecule has 2 N–H and O–H groups in total. The summed E-state index contributed by atoms with van der Waals surface area (Å²) in [6.45, 7) is 0.203. The van der Waals surface area contributed by atoms with Gasteiger partial charge in [0.2, 0.25) is 0 Å². The van der Waals surface area contributed by atoms with Gasteiger partial charge in [-0.05, 0) is 25.7 Å². The maximum absolute atomic E-state index is 11.8. The van der Waals surface area contributed by atoms with E-state index in [2.05, 4.69) is 4.72 Å². The highest BCUT2D eigenvalue weighted by Crippen LogP contribution is 2.30. The zero-order valence-electron chi connectivity index (χ0n) is 9.65. The molecule has 6 heteroatoms. The number of rotatable bonds is 5. The minimum atomic E-state index is -3.40. The van der Waals surface area contributed by atoms with E-state index in [1.165, 1.54) is 11.4 Å². The Bertz CT molecular complexity index is 345. The third kappa shape index (κ3) is 2.94. The van der Waals surface area contributed by atoms with Gasteiger partial charge in [0.05, 0.1) is 5.60 Å². The summed E-state index contributed by atoms with van der Waals surface area (Å²) in [5.41, 5.74) is -0.812. The lowest BCUT2D eigenvalue weighted by Crippen LogP contribution is -2.47. The molecule has 0 aromatic rings. The molecule has 0 atom stereocenters. The molecule has 2 fully saturated rings. The Hall–Kier alpha value is -0.170. The first-order valence-corrected chi connectivity index (χ1v) is 7.31. The first-order valence-electron chi connectivity index (χ1n) is 5.87. The summed E-state index contributed by atoms with van der Waals surface area (Å²) in [5.74, 6) is 0. The fourth-order valence-electron chi connectivity index (χ4n) is 2.19. The van der Waals surface area contributed by atoms with Gasteiger partial charge in [0.25, 0.3) is 10.2 Å². The summed E-state index contributed by atoms with van der Waals surface area (Å²) < 4.78 is 27.5. The first kappa shape index (κ1) is 12.3. The maximum Gasteiger partial charge on any atom is 0.279 e. The van der Waals surface area contributed by atoms with Crippen LogP contribution in [0.3, 0.4) is 0 Å². The molecule has 5 nitrogen and oxygen atoms in total. The van der Waals surface area contributed by atoms with Crippen molar-refractivity contribution < 1.29 is 13.5 Å². The topological polar surface area (TPSA) is 69.6 Å². The summed E-state index contributed by atoms with van der Waals surface area (Å²) >= 11 is 0. The Kier molecular flexibility index (Phi) is 3.27. The highest BCUT2D eigenvalue weighted by Gasteiger charge is 2.36. The number of nitrogens with one attached hydrogen (secondary N) is 1. The van der Waals surface area contributed by atoms with Crippen LogP contribution >= 0.6 is 0 Å². The Morgan fingerprint density at radius 2 is 1.94 bits per heavy atom. The summed E-state index contributed by atoms with van der Waals surface area (Å²) in [4.78, 5) is 0. The normalized spacial score (nSPS) is 25.2. The third-order valence-electron chi connectivity index (χ3n) is 3.35. The van der Waals surface area contributed by atoms with Crippen LogP contribution in [0.2, 0.25) is 0 Å². The Labute approximate surface area is 97.0 Å². The summed E-state index contributed by atoms with van der Waals surface area (Å²) in [6.07, 6.45) is 5.24. The lowest BCUT2D eigenvalue weighted by atomic mass is 10.0. The lowest BCUT2D eigenvalue weighted by Gasteiger charge is -2.28. The van der Waals surface area contributed by atoms with Crippen molar-refractivity contribution >= 4 is 10.2 Å². The fourth-order valence-corrected chi connectivity index (χ4v) is 3.44. The van der Waals surface area contributed by atoms with Crippen molar-refractivity contribution in [1.29, 1.82) is 0 Å². The number of likely N-dealkylation sites (N-methyl/N-ethyl adjacent to an activating group) is 1. The molecule has 16 heavy (non-hydrogen) atoms. The van der Waals surface area contributed by atoms with E-state index in [0.717, 1.165) is 25.7 Å². The van der Waals surface area contributed by atoms with E-state index in [9.17, 15) is 13.5 Å². The number of aliphatic hydroxyl groups is 1. The van der Waals surface area contributed by atoms with E-state index in [1.807, 2.05) is 0 Å². The van der Waals surface area contributed by atoms with Crippen LogP contribution in [-0.4, -0.2) is 43.1 Å². The van der Waals surface area contributed by atoms with Gasteiger partial charge in [-0.1, -0.05) is 12.8 Å². The third-order valence-corrected chi connectivity index (χ3v) is 4.94. The zero-order chi connectivity index (χ0) is 11.8. The van der Waals surface area contributed by atoms with Gasteiger partial charge in [0.1, 0.15) is 0 Å². The van der Waals surface area contributed by atoms with E-state index in [0.29, 0.717) is 12.8 Å². The summed E-state index contributed by atoms with van der Waals surface area (Å²) in [6, 6.07) is 0.116. The van der Waals surface area contributed by atoms with Gasteiger partial charge in [-0.15, -0.1) is 0 Å². The molecule has 2 aliphatic carbocycles. The minimum Gasteiger partial charge on any atom is -0.389 e. The smallest absolute Gasteiger partial charge is 0.279 e. The molecule has 94 valence electrons. The minimum absolute atomic E-state index is 0.116. The largest absolute Gasteiger partial charge is 0.389 e. The standard InChI is InChI=1S/C10H20N2O3S/c1-12(8-10(13)6-2-3-7-10)16(14,15)11-9-4-5-9/h9,11,13H,2-8H2,1H3. The van der Waals surface area contributed by atoms with Crippen LogP contribution in [0.15, 0.2) is 0 Å². The van der Waals surface area contributed by atoms with Crippen LogP contribution in [0, 0.1) is 0 Å². The van der Waals surface area contributed by atoms with Gasteiger partial charge in [-0.25, -0.2) is 0 Å². The van der Waals surface area contributed by atoms with Gasteiger partial charge < -0.3 is 5.11 Å². The monoisotopic (exact) mass is 248 g/mol. The molecule has 0 amide bonds. The van der Waals surface area contributed by atoms with Crippen LogP contribution < -0.4 is 4.72 Å². The second-order valence-corrected chi connectivity index (χ2v) is 6.89. The van der Waals surface area contributed by atoms with Gasteiger partial charge in [0, 0.05) is 19.6 Å². The van der Waals surface area contributed by atoms with E-state index in [4.69, 9.17) is 0 Å². The predicted octanol–water partition coefficient (Wildman–Crippen LogP) is 0.220. The van der Waals surface area contributed by atoms with Crippen LogP contribution in [0.5, 0.6) is 0 Å². The van der Waals surface area contributed by atoms with Crippen LogP contribution in [-0.2, 0) is 10.2 Å². The van der Waals surface area contributed by atoms with Gasteiger partial charge in [-0.2, -0.15) is 17.4 Å². The van der Waals surface area contributed by atoms with E-state index < -0.39 is 15.8 Å². The lowest BCUT2D eigenvalue weighted by molar-refractivity contribution is 0.0331. The predicted molar refractivity (Wildman–Crippen MR) is 61.1 cm³/mol. The Morgan fingerprint density at radius 3 is 2.44 bits per heavy atom. The van der Waals surface area contributed by atoms with Crippen molar-refractivity contribution in [3.05, 3.63) is 0 Å². The van der Waals surface area contributed by atoms with Crippen molar-refractivity contribution in [2.75, 3.05) is 13.6 Å². The average Bonchev–Trinajstić information content (AvgIpc) is 2.87. The molecule has 0 saturated heterocycles. The molecule has 2 aliphatic rings. The molecule has 0 spiro atoms. The highest BCUT2D eigenvalue weighted by molar-refractivity contribution is 7.87. The highest BCUT2D eigenvalue weighted by atomic mass is 32.2. The number of hydrogen-bond acceptors (Lipinski definition) is 3. The van der Waals surface area contributed by atoms with Crippen molar-refractivity contribution in [3.63, 3.8) is 0 Å². The quantitative estimate of drug-likeness (QED) is 0.731. The fraction of sp³-hybridized carbons (Fsp3) is 1.00. The van der Waals surface area contributed by atoms with E-state index in [1.54, 1.807) is 0 Å². The Morgan fingerprint density at radius 1 is 1.38 bits per heavy atom. The second kappa shape index (κ2) is 4.25. The SMILES string of the molecule is CN(CC1(O)CCCC1)S(=O)(=O)NC1CC1. The Balaban J connectivity index is 1.92. The molecule has 0 aromatic heterocycles. The number of nitrogens with zero attached hydrogens (tertiary/aromatic N) is 1. The second-order valence-electron chi connectivity index (χ2n) is 5.08. The number of hydrogen-bond donors (Lipinski definition) is 2. The van der Waals surface area contributed by atoms with Gasteiger partial charge >= 0.3 is 0 Å². The maximum atomic E-state index is 11.8.